The van der Waals surface area contributed by atoms with E-state index in [0.29, 0.717) is 18.7 Å². The van der Waals surface area contributed by atoms with Crippen molar-refractivity contribution in [3.63, 3.8) is 0 Å². The van der Waals surface area contributed by atoms with Crippen LogP contribution in [0.15, 0.2) is 29.4 Å². The van der Waals surface area contributed by atoms with Crippen LogP contribution in [0.2, 0.25) is 0 Å². The van der Waals surface area contributed by atoms with E-state index in [4.69, 9.17) is 5.26 Å². The van der Waals surface area contributed by atoms with Gasteiger partial charge in [-0.05, 0) is 24.1 Å². The molecule has 0 unspecified atom stereocenters. The molecule has 1 aliphatic rings. The molecular weight excluding hydrogens is 216 g/mol. The molecule has 1 aromatic rings. The Morgan fingerprint density at radius 1 is 1.53 bits per heavy atom. The molecule has 5 nitrogen and oxygen atoms in total. The molecule has 1 saturated heterocycles. The van der Waals surface area contributed by atoms with Crippen LogP contribution >= 0.6 is 0 Å². The van der Waals surface area contributed by atoms with Gasteiger partial charge >= 0.3 is 6.03 Å². The number of hydrogen-bond acceptors (Lipinski definition) is 3. The minimum Gasteiger partial charge on any atom is -0.336 e. The monoisotopic (exact) mass is 228 g/mol. The zero-order chi connectivity index (χ0) is 12.1. The van der Waals surface area contributed by atoms with Crippen molar-refractivity contribution in [3.8, 4) is 6.07 Å². The average molecular weight is 228 g/mol. The molecule has 0 radical (unpaired) electrons. The molecule has 2 amide bonds. The maximum atomic E-state index is 11.4. The maximum absolute atomic E-state index is 11.4. The van der Waals surface area contributed by atoms with Gasteiger partial charge in [0.15, 0.2) is 0 Å². The van der Waals surface area contributed by atoms with Crippen molar-refractivity contribution in [2.75, 3.05) is 13.1 Å². The Morgan fingerprint density at radius 3 is 3.18 bits per heavy atom. The number of carbonyl (C=O) groups is 1. The molecule has 5 heteroatoms. The molecular formula is C12H12N4O. The molecule has 0 atom stereocenters. The summed E-state index contributed by atoms with van der Waals surface area (Å²) in [6, 6.07) is 8.96. The minimum atomic E-state index is -0.177. The quantitative estimate of drug-likeness (QED) is 0.775. The SMILES string of the molecule is N#Cc1cccc(/C=N\N2CCCNC2=O)c1. The van der Waals surface area contributed by atoms with Crippen molar-refractivity contribution in [1.29, 1.82) is 5.26 Å². The van der Waals surface area contributed by atoms with Gasteiger partial charge in [-0.3, -0.25) is 0 Å². The van der Waals surface area contributed by atoms with E-state index in [9.17, 15) is 4.79 Å². The van der Waals surface area contributed by atoms with Crippen LogP contribution in [0.25, 0.3) is 0 Å². The summed E-state index contributed by atoms with van der Waals surface area (Å²) in [6.45, 7) is 1.33. The molecule has 2 rings (SSSR count). The molecule has 17 heavy (non-hydrogen) atoms. The first-order valence-corrected chi connectivity index (χ1v) is 5.39. The van der Waals surface area contributed by atoms with E-state index in [-0.39, 0.29) is 6.03 Å². The summed E-state index contributed by atoms with van der Waals surface area (Å²) < 4.78 is 0. The first-order valence-electron chi connectivity index (χ1n) is 5.39. The molecule has 0 aliphatic carbocycles. The Bertz CT molecular complexity index is 490. The number of rotatable bonds is 2. The molecule has 0 spiro atoms. The lowest BCUT2D eigenvalue weighted by molar-refractivity contribution is 0.189. The fourth-order valence-electron chi connectivity index (χ4n) is 1.55. The first-order chi connectivity index (χ1) is 8.29. The third-order valence-corrected chi connectivity index (χ3v) is 2.42. The zero-order valence-corrected chi connectivity index (χ0v) is 9.26. The van der Waals surface area contributed by atoms with Crippen LogP contribution in [0.4, 0.5) is 4.79 Å². The number of benzene rings is 1. The summed E-state index contributed by atoms with van der Waals surface area (Å²) in [5, 5.41) is 17.0. The predicted octanol–water partition coefficient (Wildman–Crippen LogP) is 1.31. The van der Waals surface area contributed by atoms with Gasteiger partial charge in [0, 0.05) is 13.1 Å². The Labute approximate surface area is 99.3 Å². The second kappa shape index (κ2) is 5.12. The highest BCUT2D eigenvalue weighted by molar-refractivity contribution is 5.82. The van der Waals surface area contributed by atoms with Gasteiger partial charge in [-0.15, -0.1) is 0 Å². The van der Waals surface area contributed by atoms with Crippen LogP contribution in [0.3, 0.4) is 0 Å². The van der Waals surface area contributed by atoms with Crippen molar-refractivity contribution in [2.24, 2.45) is 5.10 Å². The second-order valence-corrected chi connectivity index (χ2v) is 3.69. The number of hydrogen-bond donors (Lipinski definition) is 1. The van der Waals surface area contributed by atoms with Gasteiger partial charge in [0.05, 0.1) is 17.8 Å². The van der Waals surface area contributed by atoms with Gasteiger partial charge in [-0.25, -0.2) is 9.80 Å². The number of hydrazone groups is 1. The molecule has 1 N–H and O–H groups in total. The smallest absolute Gasteiger partial charge is 0.336 e. The molecule has 0 saturated carbocycles. The lowest BCUT2D eigenvalue weighted by atomic mass is 10.1. The second-order valence-electron chi connectivity index (χ2n) is 3.69. The highest BCUT2D eigenvalue weighted by atomic mass is 16.2. The summed E-state index contributed by atoms with van der Waals surface area (Å²) in [5.74, 6) is 0. The fraction of sp³-hybridized carbons (Fsp3) is 0.250. The highest BCUT2D eigenvalue weighted by Gasteiger charge is 2.15. The maximum Gasteiger partial charge on any atom is 0.337 e. The molecule has 0 aromatic heterocycles. The molecule has 1 aliphatic heterocycles. The van der Waals surface area contributed by atoms with Gasteiger partial charge in [0.2, 0.25) is 0 Å². The Kier molecular flexibility index (Phi) is 3.36. The third-order valence-electron chi connectivity index (χ3n) is 2.42. The van der Waals surface area contributed by atoms with Crippen molar-refractivity contribution in [1.82, 2.24) is 10.3 Å². The van der Waals surface area contributed by atoms with E-state index in [1.54, 1.807) is 24.4 Å². The molecule has 1 aromatic carbocycles. The summed E-state index contributed by atoms with van der Waals surface area (Å²) in [4.78, 5) is 11.4. The largest absolute Gasteiger partial charge is 0.337 e. The van der Waals surface area contributed by atoms with E-state index in [2.05, 4.69) is 16.5 Å². The molecule has 1 fully saturated rings. The normalized spacial score (nSPS) is 15.7. The number of urea groups is 1. The van der Waals surface area contributed by atoms with Crippen LogP contribution in [0, 0.1) is 11.3 Å². The number of amides is 2. The van der Waals surface area contributed by atoms with E-state index >= 15 is 0 Å². The van der Waals surface area contributed by atoms with Crippen LogP contribution < -0.4 is 5.32 Å². The number of nitrogens with one attached hydrogen (secondary N) is 1. The van der Waals surface area contributed by atoms with Gasteiger partial charge in [-0.1, -0.05) is 12.1 Å². The zero-order valence-electron chi connectivity index (χ0n) is 9.26. The lowest BCUT2D eigenvalue weighted by Gasteiger charge is -2.22. The van der Waals surface area contributed by atoms with Crippen LogP contribution in [0.5, 0.6) is 0 Å². The van der Waals surface area contributed by atoms with Crippen LogP contribution in [-0.2, 0) is 0 Å². The summed E-state index contributed by atoms with van der Waals surface area (Å²) in [5.41, 5.74) is 1.39. The van der Waals surface area contributed by atoms with E-state index in [1.807, 2.05) is 6.07 Å². The van der Waals surface area contributed by atoms with E-state index in [0.717, 1.165) is 12.0 Å². The lowest BCUT2D eigenvalue weighted by Crippen LogP contribution is -2.43. The number of nitriles is 1. The fourth-order valence-corrected chi connectivity index (χ4v) is 1.55. The van der Waals surface area contributed by atoms with Gasteiger partial charge in [0.1, 0.15) is 0 Å². The van der Waals surface area contributed by atoms with Gasteiger partial charge < -0.3 is 5.32 Å². The minimum absolute atomic E-state index is 0.177. The average Bonchev–Trinajstić information content (AvgIpc) is 2.38. The molecule has 86 valence electrons. The topological polar surface area (TPSA) is 68.5 Å². The van der Waals surface area contributed by atoms with Gasteiger partial charge in [-0.2, -0.15) is 10.4 Å². The third kappa shape index (κ3) is 2.82. The van der Waals surface area contributed by atoms with Crippen molar-refractivity contribution in [3.05, 3.63) is 35.4 Å². The Balaban J connectivity index is 2.09. The first kappa shape index (κ1) is 11.1. The number of carbonyl (C=O) groups excluding carboxylic acids is 1. The standard InChI is InChI=1S/C12H12N4O/c13-8-10-3-1-4-11(7-10)9-15-16-6-2-5-14-12(16)17/h1,3-4,7,9H,2,5-6H2,(H,14,17)/b15-9-. The summed E-state index contributed by atoms with van der Waals surface area (Å²) in [7, 11) is 0. The molecule has 1 heterocycles. The van der Waals surface area contributed by atoms with Crippen molar-refractivity contribution < 1.29 is 4.79 Å². The van der Waals surface area contributed by atoms with E-state index in [1.165, 1.54) is 5.01 Å². The Hall–Kier alpha value is -2.35. The van der Waals surface area contributed by atoms with Crippen LogP contribution in [0.1, 0.15) is 17.5 Å². The summed E-state index contributed by atoms with van der Waals surface area (Å²) in [6.07, 6.45) is 2.48. The number of nitrogens with zero attached hydrogens (tertiary/aromatic N) is 3. The predicted molar refractivity (Wildman–Crippen MR) is 63.5 cm³/mol. The Morgan fingerprint density at radius 2 is 2.41 bits per heavy atom. The molecule has 0 bridgehead atoms. The van der Waals surface area contributed by atoms with Crippen molar-refractivity contribution in [2.45, 2.75) is 6.42 Å². The van der Waals surface area contributed by atoms with E-state index < -0.39 is 0 Å². The highest BCUT2D eigenvalue weighted by Crippen LogP contribution is 2.03. The summed E-state index contributed by atoms with van der Waals surface area (Å²) >= 11 is 0. The van der Waals surface area contributed by atoms with Gasteiger partial charge in [0.25, 0.3) is 0 Å². The van der Waals surface area contributed by atoms with Crippen LogP contribution in [-0.4, -0.2) is 30.3 Å². The van der Waals surface area contributed by atoms with Crippen molar-refractivity contribution >= 4 is 12.2 Å².